The zero-order valence-electron chi connectivity index (χ0n) is 9.91. The number of benzene rings is 1. The molecule has 0 radical (unpaired) electrons. The van der Waals surface area contributed by atoms with E-state index in [2.05, 4.69) is 28.9 Å². The molecule has 3 heteroatoms. The van der Waals surface area contributed by atoms with Crippen LogP contribution in [0.4, 0.5) is 0 Å². The van der Waals surface area contributed by atoms with E-state index < -0.39 is 0 Å². The summed E-state index contributed by atoms with van der Waals surface area (Å²) in [5.41, 5.74) is 8.32. The van der Waals surface area contributed by atoms with Crippen LogP contribution in [0.2, 0.25) is 0 Å². The first-order chi connectivity index (χ1) is 8.36. The maximum absolute atomic E-state index is 5.66. The molecule has 0 atom stereocenters. The Balaban J connectivity index is 1.79. The molecule has 3 rings (SSSR count). The molecule has 1 heterocycles. The number of hydrogen-bond acceptors (Lipinski definition) is 3. The van der Waals surface area contributed by atoms with Gasteiger partial charge in [0.25, 0.3) is 0 Å². The quantitative estimate of drug-likeness (QED) is 0.870. The third-order valence-electron chi connectivity index (χ3n) is 3.64. The van der Waals surface area contributed by atoms with Crippen LogP contribution in [0, 0.1) is 0 Å². The number of fused-ring (bicyclic) bond motifs is 1. The van der Waals surface area contributed by atoms with Crippen LogP contribution in [0.3, 0.4) is 0 Å². The van der Waals surface area contributed by atoms with Crippen LogP contribution in [0.15, 0.2) is 23.6 Å². The first-order valence-corrected chi connectivity index (χ1v) is 7.17. The Morgan fingerprint density at radius 3 is 2.94 bits per heavy atom. The van der Waals surface area contributed by atoms with Crippen LogP contribution < -0.4 is 11.1 Å². The minimum atomic E-state index is 0.628. The molecule has 2 nitrogen and oxygen atoms in total. The van der Waals surface area contributed by atoms with Crippen LogP contribution in [-0.4, -0.2) is 6.04 Å². The third-order valence-corrected chi connectivity index (χ3v) is 4.64. The van der Waals surface area contributed by atoms with Gasteiger partial charge < -0.3 is 11.1 Å². The van der Waals surface area contributed by atoms with E-state index in [0.29, 0.717) is 6.54 Å². The Labute approximate surface area is 106 Å². The maximum Gasteiger partial charge on any atom is 0.0349 e. The normalized spacial score (nSPS) is 16.3. The van der Waals surface area contributed by atoms with Crippen molar-refractivity contribution in [2.24, 2.45) is 5.73 Å². The van der Waals surface area contributed by atoms with Gasteiger partial charge in [0.1, 0.15) is 0 Å². The molecule has 0 amide bonds. The zero-order chi connectivity index (χ0) is 11.7. The summed E-state index contributed by atoms with van der Waals surface area (Å²) in [6, 6.07) is 7.33. The molecule has 1 aromatic carbocycles. The lowest BCUT2D eigenvalue weighted by Crippen LogP contribution is -2.34. The lowest BCUT2D eigenvalue weighted by Gasteiger charge is -2.26. The van der Waals surface area contributed by atoms with Gasteiger partial charge in [0.2, 0.25) is 0 Å². The van der Waals surface area contributed by atoms with Gasteiger partial charge in [0.05, 0.1) is 0 Å². The van der Waals surface area contributed by atoms with Crippen molar-refractivity contribution in [3.05, 3.63) is 34.7 Å². The van der Waals surface area contributed by atoms with Crippen molar-refractivity contribution < 1.29 is 0 Å². The van der Waals surface area contributed by atoms with Gasteiger partial charge in [-0.15, -0.1) is 11.3 Å². The summed E-state index contributed by atoms with van der Waals surface area (Å²) in [7, 11) is 0. The first kappa shape index (κ1) is 11.2. The molecule has 0 aliphatic heterocycles. The van der Waals surface area contributed by atoms with E-state index in [-0.39, 0.29) is 0 Å². The number of hydrogen-bond donors (Lipinski definition) is 2. The minimum Gasteiger partial charge on any atom is -0.326 e. The van der Waals surface area contributed by atoms with E-state index in [1.807, 2.05) is 11.3 Å². The smallest absolute Gasteiger partial charge is 0.0349 e. The van der Waals surface area contributed by atoms with E-state index in [4.69, 9.17) is 5.73 Å². The van der Waals surface area contributed by atoms with Crippen molar-refractivity contribution in [2.75, 3.05) is 0 Å². The molecular weight excluding hydrogens is 228 g/mol. The summed E-state index contributed by atoms with van der Waals surface area (Å²) in [5, 5.41) is 7.29. The van der Waals surface area contributed by atoms with Crippen LogP contribution in [0.1, 0.15) is 30.4 Å². The maximum atomic E-state index is 5.66. The predicted molar refractivity (Wildman–Crippen MR) is 74.2 cm³/mol. The highest BCUT2D eigenvalue weighted by atomic mass is 32.1. The standard InChI is InChI=1S/C14H18N2S/c15-7-10-4-5-13-11(9-17-14(13)6-10)8-16-12-2-1-3-12/h4-6,9,12,16H,1-3,7-8,15H2. The van der Waals surface area contributed by atoms with Crippen molar-refractivity contribution in [3.8, 4) is 0 Å². The molecule has 17 heavy (non-hydrogen) atoms. The Kier molecular flexibility index (Phi) is 3.14. The Morgan fingerprint density at radius 2 is 2.24 bits per heavy atom. The monoisotopic (exact) mass is 246 g/mol. The third kappa shape index (κ3) is 2.23. The van der Waals surface area contributed by atoms with Crippen molar-refractivity contribution in [1.82, 2.24) is 5.32 Å². The Bertz CT molecular complexity index is 514. The van der Waals surface area contributed by atoms with Gasteiger partial charge in [-0.05, 0) is 40.8 Å². The fourth-order valence-electron chi connectivity index (χ4n) is 2.26. The summed E-state index contributed by atoms with van der Waals surface area (Å²) in [5.74, 6) is 0. The highest BCUT2D eigenvalue weighted by Gasteiger charge is 2.16. The van der Waals surface area contributed by atoms with Gasteiger partial charge in [-0.2, -0.15) is 0 Å². The largest absolute Gasteiger partial charge is 0.326 e. The van der Waals surface area contributed by atoms with Crippen molar-refractivity contribution in [1.29, 1.82) is 0 Å². The van der Waals surface area contributed by atoms with Gasteiger partial charge >= 0.3 is 0 Å². The molecule has 0 spiro atoms. The second-order valence-electron chi connectivity index (χ2n) is 4.80. The Hall–Kier alpha value is -0.900. The topological polar surface area (TPSA) is 38.0 Å². The summed E-state index contributed by atoms with van der Waals surface area (Å²) < 4.78 is 1.36. The average molecular weight is 246 g/mol. The van der Waals surface area contributed by atoms with E-state index >= 15 is 0 Å². The minimum absolute atomic E-state index is 0.628. The molecule has 3 N–H and O–H groups in total. The van der Waals surface area contributed by atoms with Crippen LogP contribution in [0.5, 0.6) is 0 Å². The van der Waals surface area contributed by atoms with E-state index in [0.717, 1.165) is 12.6 Å². The number of rotatable bonds is 4. The molecule has 1 aromatic heterocycles. The number of nitrogens with one attached hydrogen (secondary N) is 1. The fraction of sp³-hybridized carbons (Fsp3) is 0.429. The summed E-state index contributed by atoms with van der Waals surface area (Å²) in [4.78, 5) is 0. The van der Waals surface area contributed by atoms with Gasteiger partial charge in [-0.1, -0.05) is 18.6 Å². The van der Waals surface area contributed by atoms with Gasteiger partial charge in [0, 0.05) is 23.8 Å². The summed E-state index contributed by atoms with van der Waals surface area (Å²) >= 11 is 1.83. The molecule has 0 saturated heterocycles. The van der Waals surface area contributed by atoms with Crippen LogP contribution in [0.25, 0.3) is 10.1 Å². The van der Waals surface area contributed by atoms with Crippen LogP contribution in [-0.2, 0) is 13.1 Å². The van der Waals surface area contributed by atoms with Crippen LogP contribution >= 0.6 is 11.3 Å². The number of thiophene rings is 1. The zero-order valence-corrected chi connectivity index (χ0v) is 10.7. The van der Waals surface area contributed by atoms with E-state index in [9.17, 15) is 0 Å². The molecular formula is C14H18N2S. The molecule has 1 fully saturated rings. The molecule has 0 unspecified atom stereocenters. The molecule has 2 aromatic rings. The second kappa shape index (κ2) is 4.77. The highest BCUT2D eigenvalue weighted by Crippen LogP contribution is 2.27. The van der Waals surface area contributed by atoms with Gasteiger partial charge in [-0.25, -0.2) is 0 Å². The summed E-state index contributed by atoms with van der Waals surface area (Å²) in [6.07, 6.45) is 4.08. The van der Waals surface area contributed by atoms with E-state index in [1.165, 1.54) is 40.5 Å². The second-order valence-corrected chi connectivity index (χ2v) is 5.72. The predicted octanol–water partition coefficient (Wildman–Crippen LogP) is 3.00. The number of nitrogens with two attached hydrogens (primary N) is 1. The van der Waals surface area contributed by atoms with Crippen molar-refractivity contribution >= 4 is 21.4 Å². The summed E-state index contributed by atoms with van der Waals surface area (Å²) in [6.45, 7) is 1.64. The Morgan fingerprint density at radius 1 is 1.35 bits per heavy atom. The fourth-order valence-corrected chi connectivity index (χ4v) is 3.28. The van der Waals surface area contributed by atoms with Gasteiger partial charge in [-0.3, -0.25) is 0 Å². The van der Waals surface area contributed by atoms with Gasteiger partial charge in [0.15, 0.2) is 0 Å². The highest BCUT2D eigenvalue weighted by molar-refractivity contribution is 7.17. The van der Waals surface area contributed by atoms with Crippen molar-refractivity contribution in [3.63, 3.8) is 0 Å². The lowest BCUT2D eigenvalue weighted by molar-refractivity contribution is 0.339. The SMILES string of the molecule is NCc1ccc2c(CNC3CCC3)csc2c1. The average Bonchev–Trinajstić information content (AvgIpc) is 2.69. The molecule has 1 saturated carbocycles. The van der Waals surface area contributed by atoms with E-state index in [1.54, 1.807) is 0 Å². The molecule has 1 aliphatic rings. The molecule has 90 valence electrons. The van der Waals surface area contributed by atoms with Crippen molar-refractivity contribution in [2.45, 2.75) is 38.4 Å². The molecule has 0 bridgehead atoms. The lowest BCUT2D eigenvalue weighted by atomic mass is 9.93. The molecule has 1 aliphatic carbocycles. The first-order valence-electron chi connectivity index (χ1n) is 6.29.